The highest BCUT2D eigenvalue weighted by Gasteiger charge is 2.27. The van der Waals surface area contributed by atoms with Crippen molar-refractivity contribution in [2.45, 2.75) is 25.3 Å². The molecule has 1 rings (SSSR count). The van der Waals surface area contributed by atoms with Crippen molar-refractivity contribution in [3.63, 3.8) is 0 Å². The normalized spacial score (nSPS) is 20.8. The third kappa shape index (κ3) is 4.39. The first-order valence-electron chi connectivity index (χ1n) is 5.40. The Labute approximate surface area is 98.3 Å². The summed E-state index contributed by atoms with van der Waals surface area (Å²) in [6.07, 6.45) is 0.398. The van der Waals surface area contributed by atoms with Crippen LogP contribution in [-0.2, 0) is 19.1 Å². The van der Waals surface area contributed by atoms with Crippen LogP contribution in [0.3, 0.4) is 0 Å². The summed E-state index contributed by atoms with van der Waals surface area (Å²) >= 11 is 0. The van der Waals surface area contributed by atoms with Crippen molar-refractivity contribution in [1.29, 1.82) is 0 Å². The van der Waals surface area contributed by atoms with Gasteiger partial charge in [0.1, 0.15) is 6.04 Å². The van der Waals surface area contributed by atoms with Crippen LogP contribution in [0.25, 0.3) is 0 Å². The SMILES string of the molecule is NC(=O)[C@H](CCC(=O)O)NC(=O)[C@@H]1CCOC1. The molecule has 2 amide bonds. The molecule has 4 N–H and O–H groups in total. The van der Waals surface area contributed by atoms with E-state index in [0.717, 1.165) is 0 Å². The van der Waals surface area contributed by atoms with Crippen LogP contribution in [0.5, 0.6) is 0 Å². The highest BCUT2D eigenvalue weighted by atomic mass is 16.5. The average Bonchev–Trinajstić information content (AvgIpc) is 2.76. The number of rotatable bonds is 6. The molecule has 0 aliphatic carbocycles. The Morgan fingerprint density at radius 3 is 2.65 bits per heavy atom. The Balaban J connectivity index is 2.44. The van der Waals surface area contributed by atoms with E-state index in [2.05, 4.69) is 5.32 Å². The van der Waals surface area contributed by atoms with E-state index >= 15 is 0 Å². The van der Waals surface area contributed by atoms with E-state index in [4.69, 9.17) is 15.6 Å². The second-order valence-electron chi connectivity index (χ2n) is 3.96. The molecule has 2 atom stereocenters. The molecule has 0 bridgehead atoms. The Kier molecular flexibility index (Phi) is 4.89. The maximum atomic E-state index is 11.7. The van der Waals surface area contributed by atoms with Gasteiger partial charge in [-0.25, -0.2) is 0 Å². The number of carbonyl (C=O) groups is 3. The number of hydrogen-bond donors (Lipinski definition) is 3. The Bertz CT molecular complexity index is 312. The minimum atomic E-state index is -1.03. The molecule has 7 nitrogen and oxygen atoms in total. The number of ether oxygens (including phenoxy) is 1. The summed E-state index contributed by atoms with van der Waals surface area (Å²) in [7, 11) is 0. The third-order valence-electron chi connectivity index (χ3n) is 2.61. The lowest BCUT2D eigenvalue weighted by Gasteiger charge is -2.16. The maximum Gasteiger partial charge on any atom is 0.303 e. The van der Waals surface area contributed by atoms with Gasteiger partial charge in [0.05, 0.1) is 12.5 Å². The molecule has 1 heterocycles. The number of amides is 2. The maximum absolute atomic E-state index is 11.7. The van der Waals surface area contributed by atoms with Gasteiger partial charge in [0, 0.05) is 13.0 Å². The lowest BCUT2D eigenvalue weighted by Crippen LogP contribution is -2.47. The summed E-state index contributed by atoms with van der Waals surface area (Å²) in [6.45, 7) is 0.852. The summed E-state index contributed by atoms with van der Waals surface area (Å²) < 4.78 is 5.05. The number of carbonyl (C=O) groups excluding carboxylic acids is 2. The molecule has 0 radical (unpaired) electrons. The van der Waals surface area contributed by atoms with Crippen LogP contribution in [0.4, 0.5) is 0 Å². The summed E-state index contributed by atoms with van der Waals surface area (Å²) in [5.41, 5.74) is 5.09. The lowest BCUT2D eigenvalue weighted by molar-refractivity contribution is -0.138. The molecule has 1 aliphatic rings. The first-order chi connectivity index (χ1) is 8.00. The van der Waals surface area contributed by atoms with Crippen LogP contribution in [-0.4, -0.2) is 42.1 Å². The summed E-state index contributed by atoms with van der Waals surface area (Å²) in [5.74, 6) is -2.34. The minimum absolute atomic E-state index is 0.00395. The molecular weight excluding hydrogens is 228 g/mol. The van der Waals surface area contributed by atoms with E-state index < -0.39 is 17.9 Å². The number of carboxylic acids is 1. The molecule has 0 spiro atoms. The highest BCUT2D eigenvalue weighted by molar-refractivity contribution is 5.88. The number of nitrogens with two attached hydrogens (primary N) is 1. The molecule has 0 unspecified atom stereocenters. The molecule has 1 aliphatic heterocycles. The Morgan fingerprint density at radius 2 is 2.18 bits per heavy atom. The third-order valence-corrected chi connectivity index (χ3v) is 2.61. The topological polar surface area (TPSA) is 119 Å². The van der Waals surface area contributed by atoms with Gasteiger partial charge in [-0.05, 0) is 12.8 Å². The van der Waals surface area contributed by atoms with Crippen molar-refractivity contribution in [1.82, 2.24) is 5.32 Å². The number of primary amides is 1. The monoisotopic (exact) mass is 244 g/mol. The van der Waals surface area contributed by atoms with E-state index in [1.807, 2.05) is 0 Å². The highest BCUT2D eigenvalue weighted by Crippen LogP contribution is 2.12. The fraction of sp³-hybridized carbons (Fsp3) is 0.700. The van der Waals surface area contributed by atoms with Crippen LogP contribution in [0, 0.1) is 5.92 Å². The zero-order chi connectivity index (χ0) is 12.8. The molecular formula is C10H16N2O5. The predicted molar refractivity (Wildman–Crippen MR) is 56.9 cm³/mol. The number of aliphatic carboxylic acids is 1. The van der Waals surface area contributed by atoms with Crippen molar-refractivity contribution < 1.29 is 24.2 Å². The van der Waals surface area contributed by atoms with E-state index in [0.29, 0.717) is 19.6 Å². The van der Waals surface area contributed by atoms with Gasteiger partial charge in [0.15, 0.2) is 0 Å². The van der Waals surface area contributed by atoms with Gasteiger partial charge in [0.25, 0.3) is 0 Å². The summed E-state index contributed by atoms with van der Waals surface area (Å²) in [5, 5.41) is 11.0. The Hall–Kier alpha value is -1.63. The lowest BCUT2D eigenvalue weighted by atomic mass is 10.1. The van der Waals surface area contributed by atoms with Gasteiger partial charge in [-0.2, -0.15) is 0 Å². The van der Waals surface area contributed by atoms with Crippen molar-refractivity contribution >= 4 is 17.8 Å². The number of hydrogen-bond acceptors (Lipinski definition) is 4. The van der Waals surface area contributed by atoms with Gasteiger partial charge in [-0.15, -0.1) is 0 Å². The predicted octanol–water partition coefficient (Wildman–Crippen LogP) is -1.14. The molecule has 17 heavy (non-hydrogen) atoms. The number of nitrogens with one attached hydrogen (secondary N) is 1. The van der Waals surface area contributed by atoms with Crippen molar-refractivity contribution in [2.75, 3.05) is 13.2 Å². The molecule has 0 saturated carbocycles. The van der Waals surface area contributed by atoms with E-state index in [1.54, 1.807) is 0 Å². The molecule has 1 fully saturated rings. The zero-order valence-corrected chi connectivity index (χ0v) is 9.35. The van der Waals surface area contributed by atoms with E-state index in [9.17, 15) is 14.4 Å². The summed E-state index contributed by atoms with van der Waals surface area (Å²) in [6, 6.07) is -0.931. The average molecular weight is 244 g/mol. The molecule has 96 valence electrons. The van der Waals surface area contributed by atoms with Crippen molar-refractivity contribution in [3.05, 3.63) is 0 Å². The largest absolute Gasteiger partial charge is 0.481 e. The van der Waals surface area contributed by atoms with Crippen molar-refractivity contribution in [3.8, 4) is 0 Å². The standard InChI is InChI=1S/C10H16N2O5/c11-9(15)7(1-2-8(13)14)12-10(16)6-3-4-17-5-6/h6-7H,1-5H2,(H2,11,15)(H,12,16)(H,13,14)/t6-,7+/m1/s1. The first kappa shape index (κ1) is 13.4. The molecule has 0 aromatic carbocycles. The van der Waals surface area contributed by atoms with Gasteiger partial charge < -0.3 is 20.9 Å². The van der Waals surface area contributed by atoms with Crippen LogP contribution in [0.15, 0.2) is 0 Å². The second kappa shape index (κ2) is 6.19. The zero-order valence-electron chi connectivity index (χ0n) is 9.35. The second-order valence-corrected chi connectivity index (χ2v) is 3.96. The smallest absolute Gasteiger partial charge is 0.303 e. The fourth-order valence-electron chi connectivity index (χ4n) is 1.58. The number of carboxylic acid groups (broad SMARTS) is 1. The van der Waals surface area contributed by atoms with Gasteiger partial charge in [-0.1, -0.05) is 0 Å². The molecule has 0 aromatic rings. The Morgan fingerprint density at radius 1 is 1.47 bits per heavy atom. The molecule has 1 saturated heterocycles. The van der Waals surface area contributed by atoms with E-state index in [1.165, 1.54) is 0 Å². The van der Waals surface area contributed by atoms with Crippen LogP contribution < -0.4 is 11.1 Å². The van der Waals surface area contributed by atoms with Crippen LogP contribution in [0.2, 0.25) is 0 Å². The molecule has 7 heteroatoms. The van der Waals surface area contributed by atoms with Crippen molar-refractivity contribution in [2.24, 2.45) is 11.7 Å². The minimum Gasteiger partial charge on any atom is -0.481 e. The van der Waals surface area contributed by atoms with Gasteiger partial charge >= 0.3 is 5.97 Å². The quantitative estimate of drug-likeness (QED) is 0.545. The first-order valence-corrected chi connectivity index (χ1v) is 5.40. The van der Waals surface area contributed by atoms with Crippen LogP contribution in [0.1, 0.15) is 19.3 Å². The van der Waals surface area contributed by atoms with E-state index in [-0.39, 0.29) is 24.7 Å². The fourth-order valence-corrected chi connectivity index (χ4v) is 1.58. The van der Waals surface area contributed by atoms with Gasteiger partial charge in [-0.3, -0.25) is 14.4 Å². The molecule has 0 aromatic heterocycles. The van der Waals surface area contributed by atoms with Crippen LogP contribution >= 0.6 is 0 Å². The van der Waals surface area contributed by atoms with Gasteiger partial charge in [0.2, 0.25) is 11.8 Å². The summed E-state index contributed by atoms with van der Waals surface area (Å²) in [4.78, 5) is 33.1.